The third-order valence-electron chi connectivity index (χ3n) is 5.46. The van der Waals surface area contributed by atoms with Gasteiger partial charge < -0.3 is 4.90 Å². The van der Waals surface area contributed by atoms with E-state index < -0.39 is 20.0 Å². The molecule has 0 spiro atoms. The second-order valence-corrected chi connectivity index (χ2v) is 12.4. The summed E-state index contributed by atoms with van der Waals surface area (Å²) in [4.78, 5) is 6.95. The van der Waals surface area contributed by atoms with Gasteiger partial charge in [0.05, 0.1) is 20.0 Å². The van der Waals surface area contributed by atoms with Crippen LogP contribution in [0.1, 0.15) is 12.8 Å². The highest BCUT2D eigenvalue weighted by atomic mass is 32.2. The van der Waals surface area contributed by atoms with E-state index in [1.165, 1.54) is 28.6 Å². The summed E-state index contributed by atoms with van der Waals surface area (Å²) in [6.07, 6.45) is 1.68. The summed E-state index contributed by atoms with van der Waals surface area (Å²) in [6.45, 7) is 1.80. The number of sulfonamides is 2. The normalized spacial score (nSPS) is 18.5. The Labute approximate surface area is 185 Å². The molecule has 1 saturated carbocycles. The van der Waals surface area contributed by atoms with Crippen molar-refractivity contribution in [2.75, 3.05) is 31.1 Å². The van der Waals surface area contributed by atoms with Crippen molar-refractivity contribution in [1.82, 2.24) is 14.0 Å². The van der Waals surface area contributed by atoms with Crippen LogP contribution in [0.4, 0.5) is 5.13 Å². The molecule has 11 heteroatoms. The molecule has 2 aromatic carbocycles. The molecule has 0 amide bonds. The maximum absolute atomic E-state index is 13.0. The molecule has 164 valence electrons. The van der Waals surface area contributed by atoms with Crippen LogP contribution in [-0.4, -0.2) is 58.3 Å². The molecule has 0 atom stereocenters. The molecule has 0 bridgehead atoms. The van der Waals surface area contributed by atoms with Crippen molar-refractivity contribution in [1.29, 1.82) is 0 Å². The number of thiazole rings is 1. The predicted octanol–water partition coefficient (Wildman–Crippen LogP) is 2.25. The van der Waals surface area contributed by atoms with Crippen LogP contribution in [0.15, 0.2) is 58.3 Å². The first-order valence-corrected chi connectivity index (χ1v) is 13.8. The van der Waals surface area contributed by atoms with E-state index in [1.807, 2.05) is 24.3 Å². The van der Waals surface area contributed by atoms with Crippen molar-refractivity contribution < 1.29 is 16.8 Å². The fourth-order valence-corrected chi connectivity index (χ4v) is 7.29. The van der Waals surface area contributed by atoms with Gasteiger partial charge in [0.2, 0.25) is 20.0 Å². The highest BCUT2D eigenvalue weighted by molar-refractivity contribution is 7.89. The Morgan fingerprint density at radius 3 is 2.16 bits per heavy atom. The zero-order chi connectivity index (χ0) is 21.6. The topological polar surface area (TPSA) is 99.7 Å². The zero-order valence-electron chi connectivity index (χ0n) is 16.6. The standard InChI is InChI=1S/C20H22N4O4S3/c25-30(26,22-15-5-6-15)16-7-9-17(10-8-16)31(27,28)24-13-11-23(12-14-24)20-21-18-3-1-2-4-19(18)29-20/h1-4,7-10,15,22H,5-6,11-14H2. The number of para-hydroxylation sites is 1. The smallest absolute Gasteiger partial charge is 0.243 e. The molecule has 1 aliphatic carbocycles. The maximum Gasteiger partial charge on any atom is 0.243 e. The van der Waals surface area contributed by atoms with Crippen LogP contribution in [0.3, 0.4) is 0 Å². The number of rotatable bonds is 6. The molecule has 2 aliphatic rings. The quantitative estimate of drug-likeness (QED) is 0.583. The highest BCUT2D eigenvalue weighted by Gasteiger charge is 2.31. The lowest BCUT2D eigenvalue weighted by Crippen LogP contribution is -2.48. The van der Waals surface area contributed by atoms with Gasteiger partial charge in [0.15, 0.2) is 5.13 Å². The number of fused-ring (bicyclic) bond motifs is 1. The Morgan fingerprint density at radius 2 is 1.52 bits per heavy atom. The van der Waals surface area contributed by atoms with Crippen molar-refractivity contribution in [3.63, 3.8) is 0 Å². The lowest BCUT2D eigenvalue weighted by atomic mass is 10.3. The average Bonchev–Trinajstić information content (AvgIpc) is 3.47. The van der Waals surface area contributed by atoms with Gasteiger partial charge in [-0.2, -0.15) is 4.31 Å². The van der Waals surface area contributed by atoms with Crippen molar-refractivity contribution in [3.05, 3.63) is 48.5 Å². The minimum absolute atomic E-state index is 0.000123. The molecule has 5 rings (SSSR count). The van der Waals surface area contributed by atoms with Gasteiger partial charge in [0, 0.05) is 32.2 Å². The molecule has 1 N–H and O–H groups in total. The van der Waals surface area contributed by atoms with Crippen molar-refractivity contribution in [3.8, 4) is 0 Å². The number of benzene rings is 2. The third-order valence-corrected chi connectivity index (χ3v) is 10.0. The van der Waals surface area contributed by atoms with Crippen LogP contribution >= 0.6 is 11.3 Å². The minimum Gasteiger partial charge on any atom is -0.345 e. The van der Waals surface area contributed by atoms with Crippen LogP contribution in [0.2, 0.25) is 0 Å². The van der Waals surface area contributed by atoms with Gasteiger partial charge >= 0.3 is 0 Å². The molecule has 1 aliphatic heterocycles. The second-order valence-electron chi connectivity index (χ2n) is 7.72. The number of hydrogen-bond donors (Lipinski definition) is 1. The Balaban J connectivity index is 1.28. The summed E-state index contributed by atoms with van der Waals surface area (Å²) in [5.41, 5.74) is 0.948. The molecule has 1 aromatic heterocycles. The monoisotopic (exact) mass is 478 g/mol. The minimum atomic E-state index is -3.69. The number of nitrogens with one attached hydrogen (secondary N) is 1. The number of anilines is 1. The molecule has 31 heavy (non-hydrogen) atoms. The SMILES string of the molecule is O=S(=O)(NC1CC1)c1ccc(S(=O)(=O)N2CCN(c3nc4ccccc4s3)CC2)cc1. The van der Waals surface area contributed by atoms with E-state index in [0.717, 1.165) is 28.2 Å². The van der Waals surface area contributed by atoms with Crippen LogP contribution in [-0.2, 0) is 20.0 Å². The first-order valence-electron chi connectivity index (χ1n) is 10.1. The summed E-state index contributed by atoms with van der Waals surface area (Å²) in [5.74, 6) is 0. The number of aromatic nitrogens is 1. The van der Waals surface area contributed by atoms with Crippen LogP contribution in [0, 0.1) is 0 Å². The van der Waals surface area contributed by atoms with E-state index in [9.17, 15) is 16.8 Å². The summed E-state index contributed by atoms with van der Waals surface area (Å²) in [5, 5.41) is 0.899. The first kappa shape index (κ1) is 20.8. The number of hydrogen-bond acceptors (Lipinski definition) is 7. The summed E-state index contributed by atoms with van der Waals surface area (Å²) in [7, 11) is -7.29. The molecular formula is C20H22N4O4S3. The molecule has 8 nitrogen and oxygen atoms in total. The van der Waals surface area contributed by atoms with Crippen LogP contribution in [0.25, 0.3) is 10.2 Å². The average molecular weight is 479 g/mol. The first-order chi connectivity index (χ1) is 14.8. The highest BCUT2D eigenvalue weighted by Crippen LogP contribution is 2.30. The Hall–Kier alpha value is -2.05. The van der Waals surface area contributed by atoms with Gasteiger partial charge in [-0.05, 0) is 49.2 Å². The third kappa shape index (κ3) is 4.20. The number of piperazine rings is 1. The lowest BCUT2D eigenvalue weighted by Gasteiger charge is -2.33. The molecular weight excluding hydrogens is 456 g/mol. The van der Waals surface area contributed by atoms with Gasteiger partial charge in [-0.15, -0.1) is 0 Å². The molecule has 2 fully saturated rings. The summed E-state index contributed by atoms with van der Waals surface area (Å²) in [6, 6.07) is 13.4. The van der Waals surface area contributed by atoms with Crippen molar-refractivity contribution in [2.24, 2.45) is 0 Å². The lowest BCUT2D eigenvalue weighted by molar-refractivity contribution is 0.385. The van der Waals surface area contributed by atoms with E-state index in [2.05, 4.69) is 14.6 Å². The van der Waals surface area contributed by atoms with Gasteiger partial charge in [-0.3, -0.25) is 0 Å². The van der Waals surface area contributed by atoms with E-state index in [0.29, 0.717) is 26.2 Å². The Kier molecular flexibility index (Phi) is 5.25. The van der Waals surface area contributed by atoms with E-state index >= 15 is 0 Å². The fourth-order valence-electron chi connectivity index (χ4n) is 3.54. The molecule has 2 heterocycles. The maximum atomic E-state index is 13.0. The van der Waals surface area contributed by atoms with E-state index in [-0.39, 0.29) is 15.8 Å². The fraction of sp³-hybridized carbons (Fsp3) is 0.350. The van der Waals surface area contributed by atoms with E-state index in [4.69, 9.17) is 0 Å². The van der Waals surface area contributed by atoms with Crippen molar-refractivity contribution >= 4 is 46.7 Å². The Morgan fingerprint density at radius 1 is 0.871 bits per heavy atom. The van der Waals surface area contributed by atoms with Crippen molar-refractivity contribution in [2.45, 2.75) is 28.7 Å². The van der Waals surface area contributed by atoms with Crippen LogP contribution < -0.4 is 9.62 Å². The predicted molar refractivity (Wildman–Crippen MR) is 120 cm³/mol. The van der Waals surface area contributed by atoms with Gasteiger partial charge in [0.25, 0.3) is 0 Å². The molecule has 1 saturated heterocycles. The summed E-state index contributed by atoms with van der Waals surface area (Å²) >= 11 is 1.61. The van der Waals surface area contributed by atoms with Gasteiger partial charge in [-0.1, -0.05) is 23.5 Å². The second kappa shape index (κ2) is 7.82. The zero-order valence-corrected chi connectivity index (χ0v) is 19.1. The summed E-state index contributed by atoms with van der Waals surface area (Å²) < 4.78 is 55.9. The van der Waals surface area contributed by atoms with Gasteiger partial charge in [0.1, 0.15) is 0 Å². The van der Waals surface area contributed by atoms with Crippen LogP contribution in [0.5, 0.6) is 0 Å². The van der Waals surface area contributed by atoms with E-state index in [1.54, 1.807) is 11.3 Å². The largest absolute Gasteiger partial charge is 0.345 e. The molecule has 0 unspecified atom stereocenters. The molecule has 0 radical (unpaired) electrons. The Bertz CT molecular complexity index is 1270. The molecule has 3 aromatic rings. The van der Waals surface area contributed by atoms with Gasteiger partial charge in [-0.25, -0.2) is 26.5 Å². The number of nitrogens with zero attached hydrogens (tertiary/aromatic N) is 3.